The molecule has 0 saturated heterocycles. The number of halogens is 1. The second-order valence-electron chi connectivity index (χ2n) is 4.44. The number of benzene rings is 2. The standard InChI is InChI=1S/C15H15FN2O2/c16-12-6-8-13(9-7-12)20-10-15(18,14(17)19)11-4-2-1-3-5-11/h1-9H,10,18H2,(H2,17,19). The Morgan fingerprint density at radius 2 is 1.70 bits per heavy atom. The third kappa shape index (κ3) is 2.95. The summed E-state index contributed by atoms with van der Waals surface area (Å²) in [6, 6.07) is 14.2. The van der Waals surface area contributed by atoms with Crippen molar-refractivity contribution in [2.75, 3.05) is 6.61 Å². The molecule has 0 spiro atoms. The summed E-state index contributed by atoms with van der Waals surface area (Å²) in [5.74, 6) is -0.640. The van der Waals surface area contributed by atoms with E-state index in [1.54, 1.807) is 24.3 Å². The fourth-order valence-electron chi connectivity index (χ4n) is 1.76. The highest BCUT2D eigenvalue weighted by molar-refractivity contribution is 5.86. The highest BCUT2D eigenvalue weighted by Gasteiger charge is 2.35. The second kappa shape index (κ2) is 5.71. The zero-order valence-electron chi connectivity index (χ0n) is 10.8. The first kappa shape index (κ1) is 14.0. The third-order valence-corrected chi connectivity index (χ3v) is 3.01. The first-order valence-electron chi connectivity index (χ1n) is 6.05. The van der Waals surface area contributed by atoms with E-state index in [2.05, 4.69) is 0 Å². The van der Waals surface area contributed by atoms with Crippen molar-refractivity contribution in [2.45, 2.75) is 5.54 Å². The van der Waals surface area contributed by atoms with Gasteiger partial charge in [0, 0.05) is 0 Å². The van der Waals surface area contributed by atoms with E-state index in [1.807, 2.05) is 6.07 Å². The van der Waals surface area contributed by atoms with Crippen molar-refractivity contribution in [2.24, 2.45) is 11.5 Å². The molecular weight excluding hydrogens is 259 g/mol. The van der Waals surface area contributed by atoms with Gasteiger partial charge in [0.1, 0.15) is 18.2 Å². The quantitative estimate of drug-likeness (QED) is 0.868. The molecule has 0 heterocycles. The van der Waals surface area contributed by atoms with Gasteiger partial charge < -0.3 is 16.2 Å². The van der Waals surface area contributed by atoms with Gasteiger partial charge in [-0.3, -0.25) is 4.79 Å². The number of rotatable bonds is 5. The van der Waals surface area contributed by atoms with E-state index in [9.17, 15) is 9.18 Å². The van der Waals surface area contributed by atoms with Crippen LogP contribution in [0.5, 0.6) is 5.75 Å². The van der Waals surface area contributed by atoms with E-state index in [0.717, 1.165) is 0 Å². The maximum Gasteiger partial charge on any atom is 0.245 e. The van der Waals surface area contributed by atoms with Gasteiger partial charge in [0.15, 0.2) is 5.54 Å². The van der Waals surface area contributed by atoms with Crippen molar-refractivity contribution >= 4 is 5.91 Å². The minimum atomic E-state index is -1.43. The lowest BCUT2D eigenvalue weighted by molar-refractivity contribution is -0.124. The highest BCUT2D eigenvalue weighted by Crippen LogP contribution is 2.20. The van der Waals surface area contributed by atoms with Crippen molar-refractivity contribution in [3.63, 3.8) is 0 Å². The molecule has 0 fully saturated rings. The van der Waals surface area contributed by atoms with E-state index in [4.69, 9.17) is 16.2 Å². The number of nitrogens with two attached hydrogens (primary N) is 2. The van der Waals surface area contributed by atoms with Crippen LogP contribution in [0, 0.1) is 5.82 Å². The average Bonchev–Trinajstić information content (AvgIpc) is 2.47. The largest absolute Gasteiger partial charge is 0.491 e. The summed E-state index contributed by atoms with van der Waals surface area (Å²) in [5.41, 5.74) is 10.6. The minimum absolute atomic E-state index is 0.127. The van der Waals surface area contributed by atoms with Crippen LogP contribution in [0.2, 0.25) is 0 Å². The van der Waals surface area contributed by atoms with Gasteiger partial charge >= 0.3 is 0 Å². The van der Waals surface area contributed by atoms with Crippen LogP contribution in [0.1, 0.15) is 5.56 Å². The molecule has 104 valence electrons. The topological polar surface area (TPSA) is 78.3 Å². The molecule has 4 nitrogen and oxygen atoms in total. The summed E-state index contributed by atoms with van der Waals surface area (Å²) in [6.07, 6.45) is 0. The second-order valence-corrected chi connectivity index (χ2v) is 4.44. The summed E-state index contributed by atoms with van der Waals surface area (Å²) in [6.45, 7) is -0.127. The lowest BCUT2D eigenvalue weighted by Crippen LogP contribution is -2.53. The van der Waals surface area contributed by atoms with Crippen LogP contribution in [0.4, 0.5) is 4.39 Å². The molecule has 2 aromatic rings. The smallest absolute Gasteiger partial charge is 0.245 e. The maximum atomic E-state index is 12.8. The van der Waals surface area contributed by atoms with Gasteiger partial charge in [-0.25, -0.2) is 4.39 Å². The number of hydrogen-bond donors (Lipinski definition) is 2. The molecule has 1 unspecified atom stereocenters. The van der Waals surface area contributed by atoms with Crippen molar-refractivity contribution in [1.82, 2.24) is 0 Å². The predicted molar refractivity (Wildman–Crippen MR) is 73.4 cm³/mol. The van der Waals surface area contributed by atoms with Crippen molar-refractivity contribution in [3.05, 3.63) is 66.0 Å². The molecule has 0 aliphatic rings. The van der Waals surface area contributed by atoms with E-state index in [-0.39, 0.29) is 12.4 Å². The van der Waals surface area contributed by atoms with Gasteiger partial charge in [0.2, 0.25) is 5.91 Å². The van der Waals surface area contributed by atoms with Crippen LogP contribution < -0.4 is 16.2 Å². The third-order valence-electron chi connectivity index (χ3n) is 3.01. The lowest BCUT2D eigenvalue weighted by atomic mass is 9.91. The number of carbonyl (C=O) groups is 1. The Morgan fingerprint density at radius 1 is 1.10 bits per heavy atom. The van der Waals surface area contributed by atoms with E-state index in [0.29, 0.717) is 11.3 Å². The Hall–Kier alpha value is -2.40. The van der Waals surface area contributed by atoms with Gasteiger partial charge in [0.05, 0.1) is 0 Å². The first-order chi connectivity index (χ1) is 9.52. The van der Waals surface area contributed by atoms with Gasteiger partial charge in [0.25, 0.3) is 0 Å². The predicted octanol–water partition coefficient (Wildman–Crippen LogP) is 1.54. The van der Waals surface area contributed by atoms with Crippen LogP contribution in [-0.2, 0) is 10.3 Å². The molecule has 2 aromatic carbocycles. The zero-order valence-corrected chi connectivity index (χ0v) is 10.8. The Kier molecular flexibility index (Phi) is 4.00. The molecule has 1 atom stereocenters. The molecule has 0 saturated carbocycles. The van der Waals surface area contributed by atoms with Crippen LogP contribution >= 0.6 is 0 Å². The van der Waals surface area contributed by atoms with Gasteiger partial charge in [-0.05, 0) is 29.8 Å². The summed E-state index contributed by atoms with van der Waals surface area (Å²) in [5, 5.41) is 0. The molecular formula is C15H15FN2O2. The maximum absolute atomic E-state index is 12.8. The van der Waals surface area contributed by atoms with E-state index >= 15 is 0 Å². The summed E-state index contributed by atoms with van der Waals surface area (Å²) in [7, 11) is 0. The number of hydrogen-bond acceptors (Lipinski definition) is 3. The molecule has 4 N–H and O–H groups in total. The van der Waals surface area contributed by atoms with Crippen LogP contribution in [0.25, 0.3) is 0 Å². The van der Waals surface area contributed by atoms with Crippen molar-refractivity contribution < 1.29 is 13.9 Å². The fraction of sp³-hybridized carbons (Fsp3) is 0.133. The molecule has 5 heteroatoms. The molecule has 2 rings (SSSR count). The normalized spacial score (nSPS) is 13.5. The Morgan fingerprint density at radius 3 is 2.25 bits per heavy atom. The van der Waals surface area contributed by atoms with E-state index in [1.165, 1.54) is 24.3 Å². The first-order valence-corrected chi connectivity index (χ1v) is 6.05. The number of primary amides is 1. The van der Waals surface area contributed by atoms with Gasteiger partial charge in [-0.2, -0.15) is 0 Å². The minimum Gasteiger partial charge on any atom is -0.491 e. The highest BCUT2D eigenvalue weighted by atomic mass is 19.1. The average molecular weight is 274 g/mol. The molecule has 0 bridgehead atoms. The van der Waals surface area contributed by atoms with Gasteiger partial charge in [-0.15, -0.1) is 0 Å². The lowest BCUT2D eigenvalue weighted by Gasteiger charge is -2.26. The molecule has 20 heavy (non-hydrogen) atoms. The monoisotopic (exact) mass is 274 g/mol. The summed E-state index contributed by atoms with van der Waals surface area (Å²) < 4.78 is 18.2. The van der Waals surface area contributed by atoms with Crippen LogP contribution in [-0.4, -0.2) is 12.5 Å². The number of ether oxygens (including phenoxy) is 1. The molecule has 0 aromatic heterocycles. The van der Waals surface area contributed by atoms with Gasteiger partial charge in [-0.1, -0.05) is 30.3 Å². The zero-order chi connectivity index (χ0) is 14.6. The number of carbonyl (C=O) groups excluding carboxylic acids is 1. The van der Waals surface area contributed by atoms with E-state index < -0.39 is 11.4 Å². The fourth-order valence-corrected chi connectivity index (χ4v) is 1.76. The van der Waals surface area contributed by atoms with Crippen LogP contribution in [0.15, 0.2) is 54.6 Å². The SMILES string of the molecule is NC(=O)C(N)(COc1ccc(F)cc1)c1ccccc1. The van der Waals surface area contributed by atoms with Crippen molar-refractivity contribution in [3.8, 4) is 5.75 Å². The van der Waals surface area contributed by atoms with Crippen LogP contribution in [0.3, 0.4) is 0 Å². The molecule has 0 aliphatic heterocycles. The molecule has 0 radical (unpaired) electrons. The number of amides is 1. The Balaban J connectivity index is 2.18. The Labute approximate surface area is 116 Å². The molecule has 1 amide bonds. The van der Waals surface area contributed by atoms with Crippen molar-refractivity contribution in [1.29, 1.82) is 0 Å². The summed E-state index contributed by atoms with van der Waals surface area (Å²) >= 11 is 0. The molecule has 0 aliphatic carbocycles. The Bertz CT molecular complexity index is 587. The summed E-state index contributed by atoms with van der Waals surface area (Å²) in [4.78, 5) is 11.7.